The van der Waals surface area contributed by atoms with Crippen molar-refractivity contribution in [2.45, 2.75) is 25.7 Å². The van der Waals surface area contributed by atoms with Gasteiger partial charge in [-0.3, -0.25) is 19.2 Å². The van der Waals surface area contributed by atoms with Crippen LogP contribution in [0.1, 0.15) is 35.3 Å². The van der Waals surface area contributed by atoms with E-state index in [9.17, 15) is 19.2 Å². The third kappa shape index (κ3) is 6.92. The first-order valence-corrected chi connectivity index (χ1v) is 14.4. The van der Waals surface area contributed by atoms with Gasteiger partial charge in [-0.05, 0) is 71.1 Å². The summed E-state index contributed by atoms with van der Waals surface area (Å²) in [4.78, 5) is 52.1. The Morgan fingerprint density at radius 2 is 1.40 bits per heavy atom. The number of carbonyl (C=O) groups excluding carboxylic acids is 4. The summed E-state index contributed by atoms with van der Waals surface area (Å²) in [5.41, 5.74) is 1.88. The van der Waals surface area contributed by atoms with E-state index in [1.54, 1.807) is 85.8 Å². The molecule has 42 heavy (non-hydrogen) atoms. The standard InChI is InChI=1S/C33H31NO7S/c1-3-39-31(37)33(32(38)40-4-2,25-10-6-5-7-11-25)22-41-29(35)20-23-14-16-26(17-15-23)34-30(36)28-13-9-8-12-27(28)24-18-19-42-21-24/h5-19,21H,3-4,20,22H2,1-2H3,(H,34,36). The van der Waals surface area contributed by atoms with Crippen LogP contribution in [0.5, 0.6) is 0 Å². The largest absolute Gasteiger partial charge is 0.465 e. The Morgan fingerprint density at radius 1 is 0.762 bits per heavy atom. The van der Waals surface area contributed by atoms with Crippen molar-refractivity contribution >= 4 is 40.8 Å². The molecular weight excluding hydrogens is 554 g/mol. The van der Waals surface area contributed by atoms with Crippen molar-refractivity contribution in [1.82, 2.24) is 0 Å². The van der Waals surface area contributed by atoms with Gasteiger partial charge in [0, 0.05) is 11.3 Å². The maximum atomic E-state index is 13.1. The lowest BCUT2D eigenvalue weighted by atomic mass is 9.81. The lowest BCUT2D eigenvalue weighted by molar-refractivity contribution is -0.170. The predicted octanol–water partition coefficient (Wildman–Crippen LogP) is 5.82. The van der Waals surface area contributed by atoms with E-state index < -0.39 is 29.9 Å². The number of thiophene rings is 1. The van der Waals surface area contributed by atoms with Crippen molar-refractivity contribution < 1.29 is 33.4 Å². The highest BCUT2D eigenvalue weighted by molar-refractivity contribution is 7.08. The molecule has 0 aliphatic carbocycles. The van der Waals surface area contributed by atoms with Gasteiger partial charge in [-0.1, -0.05) is 60.7 Å². The minimum absolute atomic E-state index is 0.0310. The first-order chi connectivity index (χ1) is 20.4. The molecule has 0 aliphatic rings. The van der Waals surface area contributed by atoms with Gasteiger partial charge in [0.15, 0.2) is 0 Å². The van der Waals surface area contributed by atoms with Crippen molar-refractivity contribution in [3.05, 3.63) is 112 Å². The average molecular weight is 586 g/mol. The van der Waals surface area contributed by atoms with E-state index in [0.717, 1.165) is 11.1 Å². The fourth-order valence-corrected chi connectivity index (χ4v) is 5.07. The van der Waals surface area contributed by atoms with Crippen molar-refractivity contribution in [3.8, 4) is 11.1 Å². The van der Waals surface area contributed by atoms with Crippen molar-refractivity contribution in [2.75, 3.05) is 25.1 Å². The van der Waals surface area contributed by atoms with Crippen molar-refractivity contribution in [2.24, 2.45) is 0 Å². The minimum atomic E-state index is -1.96. The van der Waals surface area contributed by atoms with Crippen molar-refractivity contribution in [1.29, 1.82) is 0 Å². The van der Waals surface area contributed by atoms with Crippen LogP contribution < -0.4 is 5.32 Å². The van der Waals surface area contributed by atoms with E-state index in [1.807, 2.05) is 35.0 Å². The van der Waals surface area contributed by atoms with Gasteiger partial charge >= 0.3 is 17.9 Å². The SMILES string of the molecule is CCOC(=O)C(COC(=O)Cc1ccc(NC(=O)c2ccccc2-c2ccsc2)cc1)(C(=O)OCC)c1ccccc1. The summed E-state index contributed by atoms with van der Waals surface area (Å²) in [6, 6.07) is 24.4. The second kappa shape index (κ2) is 14.2. The van der Waals surface area contributed by atoms with Crippen molar-refractivity contribution in [3.63, 3.8) is 0 Å². The molecule has 0 aliphatic heterocycles. The zero-order valence-corrected chi connectivity index (χ0v) is 24.1. The Morgan fingerprint density at radius 3 is 2.02 bits per heavy atom. The molecule has 9 heteroatoms. The molecule has 4 rings (SSSR count). The molecule has 0 unspecified atom stereocenters. The molecule has 1 amide bonds. The summed E-state index contributed by atoms with van der Waals surface area (Å²) in [5, 5.41) is 6.85. The summed E-state index contributed by atoms with van der Waals surface area (Å²) in [5.74, 6) is -2.62. The highest BCUT2D eigenvalue weighted by Crippen LogP contribution is 2.30. The topological polar surface area (TPSA) is 108 Å². The zero-order valence-electron chi connectivity index (χ0n) is 23.3. The quantitative estimate of drug-likeness (QED) is 0.127. The van der Waals surface area contributed by atoms with Gasteiger partial charge < -0.3 is 19.5 Å². The van der Waals surface area contributed by atoms with Crippen LogP contribution in [0.4, 0.5) is 5.69 Å². The Balaban J connectivity index is 1.44. The molecule has 3 aromatic carbocycles. The molecule has 0 radical (unpaired) electrons. The lowest BCUT2D eigenvalue weighted by Gasteiger charge is -2.29. The molecule has 216 valence electrons. The fourth-order valence-electron chi connectivity index (χ4n) is 4.41. The highest BCUT2D eigenvalue weighted by atomic mass is 32.1. The number of ether oxygens (including phenoxy) is 3. The first kappa shape index (κ1) is 30.2. The molecular formula is C33H31NO7S. The monoisotopic (exact) mass is 585 g/mol. The van der Waals surface area contributed by atoms with Gasteiger partial charge in [0.2, 0.25) is 5.41 Å². The molecule has 0 atom stereocenters. The number of carbonyl (C=O) groups is 4. The summed E-state index contributed by atoms with van der Waals surface area (Å²) < 4.78 is 15.9. The van der Waals surface area contributed by atoms with E-state index in [4.69, 9.17) is 14.2 Å². The van der Waals surface area contributed by atoms with E-state index >= 15 is 0 Å². The average Bonchev–Trinajstić information content (AvgIpc) is 3.54. The van der Waals surface area contributed by atoms with Crippen LogP contribution in [0.2, 0.25) is 0 Å². The molecule has 0 saturated heterocycles. The number of nitrogens with one attached hydrogen (secondary N) is 1. The number of hydrogen-bond donors (Lipinski definition) is 1. The normalized spacial score (nSPS) is 10.9. The number of hydrogen-bond acceptors (Lipinski definition) is 8. The van der Waals surface area contributed by atoms with Crippen LogP contribution in [-0.4, -0.2) is 43.6 Å². The van der Waals surface area contributed by atoms with Crippen LogP contribution in [0.15, 0.2) is 95.7 Å². The summed E-state index contributed by atoms with van der Waals surface area (Å²) in [7, 11) is 0. The van der Waals surface area contributed by atoms with Gasteiger partial charge in [-0.2, -0.15) is 11.3 Å². The van der Waals surface area contributed by atoms with E-state index in [2.05, 4.69) is 5.32 Å². The highest BCUT2D eigenvalue weighted by Gasteiger charge is 2.52. The third-order valence-electron chi connectivity index (χ3n) is 6.53. The Kier molecular flexibility index (Phi) is 10.2. The molecule has 0 bridgehead atoms. The molecule has 0 spiro atoms. The molecule has 1 heterocycles. The minimum Gasteiger partial charge on any atom is -0.465 e. The van der Waals surface area contributed by atoms with Crippen LogP contribution >= 0.6 is 11.3 Å². The molecule has 0 fully saturated rings. The smallest absolute Gasteiger partial charge is 0.331 e. The molecule has 1 aromatic heterocycles. The van der Waals surface area contributed by atoms with Crippen LogP contribution in [0.3, 0.4) is 0 Å². The summed E-state index contributed by atoms with van der Waals surface area (Å²) >= 11 is 1.56. The van der Waals surface area contributed by atoms with Gasteiger partial charge in [0.1, 0.15) is 6.61 Å². The van der Waals surface area contributed by atoms with Gasteiger partial charge in [-0.25, -0.2) is 0 Å². The number of esters is 3. The summed E-state index contributed by atoms with van der Waals surface area (Å²) in [6.45, 7) is 2.73. The predicted molar refractivity (Wildman–Crippen MR) is 160 cm³/mol. The Labute approximate surface area is 248 Å². The van der Waals surface area contributed by atoms with E-state index in [-0.39, 0.29) is 25.5 Å². The van der Waals surface area contributed by atoms with Crippen LogP contribution in [0.25, 0.3) is 11.1 Å². The van der Waals surface area contributed by atoms with Gasteiger partial charge in [0.05, 0.1) is 19.6 Å². The molecule has 0 saturated carbocycles. The third-order valence-corrected chi connectivity index (χ3v) is 7.21. The molecule has 1 N–H and O–H groups in total. The Hall–Kier alpha value is -4.76. The van der Waals surface area contributed by atoms with E-state index in [0.29, 0.717) is 22.4 Å². The first-order valence-electron chi connectivity index (χ1n) is 13.5. The number of amides is 1. The molecule has 4 aromatic rings. The fraction of sp³-hybridized carbons (Fsp3) is 0.212. The second-order valence-electron chi connectivity index (χ2n) is 9.26. The summed E-state index contributed by atoms with van der Waals surface area (Å²) in [6.07, 6.45) is -0.119. The maximum Gasteiger partial charge on any atom is 0.331 e. The lowest BCUT2D eigenvalue weighted by Crippen LogP contribution is -2.50. The number of benzene rings is 3. The van der Waals surface area contributed by atoms with Crippen LogP contribution in [0, 0.1) is 0 Å². The van der Waals surface area contributed by atoms with Gasteiger partial charge in [0.25, 0.3) is 5.91 Å². The zero-order chi connectivity index (χ0) is 30.0. The Bertz CT molecular complexity index is 1500. The number of anilines is 1. The van der Waals surface area contributed by atoms with Gasteiger partial charge in [-0.15, -0.1) is 0 Å². The number of rotatable bonds is 12. The second-order valence-corrected chi connectivity index (χ2v) is 10.0. The molecule has 8 nitrogen and oxygen atoms in total. The van der Waals surface area contributed by atoms with E-state index in [1.165, 1.54) is 0 Å². The maximum absolute atomic E-state index is 13.1. The van der Waals surface area contributed by atoms with Crippen LogP contribution in [-0.2, 0) is 40.4 Å².